The molecule has 1 atom stereocenters. The molecule has 0 aromatic heterocycles. The normalized spacial score (nSPS) is 11.9. The lowest BCUT2D eigenvalue weighted by Gasteiger charge is -2.18. The smallest absolute Gasteiger partial charge is 0.292 e. The number of ether oxygens (including phenoxy) is 2. The molecule has 1 aromatic rings. The maximum Gasteiger partial charge on any atom is 0.292 e. The molecule has 6 heteroatoms. The Hall–Kier alpha value is -1.82. The van der Waals surface area contributed by atoms with E-state index in [0.29, 0.717) is 18.0 Å². The van der Waals surface area contributed by atoms with Crippen LogP contribution in [0.15, 0.2) is 18.2 Å². The van der Waals surface area contributed by atoms with Crippen LogP contribution >= 0.6 is 0 Å². The Bertz CT molecular complexity index is 417. The van der Waals surface area contributed by atoms with E-state index in [1.807, 2.05) is 0 Å². The maximum absolute atomic E-state index is 11.0. The summed E-state index contributed by atoms with van der Waals surface area (Å²) in [5, 5.41) is 14.2. The summed E-state index contributed by atoms with van der Waals surface area (Å²) in [6, 6.07) is 4.70. The molecule has 0 bridgehead atoms. The number of nitro benzene ring substituents is 1. The summed E-state index contributed by atoms with van der Waals surface area (Å²) in [5.74, 6) is 0.584. The highest BCUT2D eigenvalue weighted by molar-refractivity contribution is 5.64. The molecule has 0 saturated heterocycles. The van der Waals surface area contributed by atoms with Gasteiger partial charge >= 0.3 is 0 Å². The van der Waals surface area contributed by atoms with E-state index in [9.17, 15) is 10.1 Å². The Morgan fingerprint density at radius 1 is 1.42 bits per heavy atom. The van der Waals surface area contributed by atoms with Gasteiger partial charge in [-0.25, -0.2) is 0 Å². The zero-order valence-corrected chi connectivity index (χ0v) is 11.5. The Labute approximate surface area is 112 Å². The minimum Gasteiger partial charge on any atom is -0.497 e. The van der Waals surface area contributed by atoms with Crippen molar-refractivity contribution in [3.05, 3.63) is 28.3 Å². The van der Waals surface area contributed by atoms with E-state index in [1.165, 1.54) is 13.2 Å². The second-order valence-electron chi connectivity index (χ2n) is 4.23. The van der Waals surface area contributed by atoms with Gasteiger partial charge in [0.05, 0.1) is 18.6 Å². The monoisotopic (exact) mass is 268 g/mol. The first kappa shape index (κ1) is 15.2. The van der Waals surface area contributed by atoms with Crippen LogP contribution in [0.1, 0.15) is 19.8 Å². The van der Waals surface area contributed by atoms with Gasteiger partial charge in [-0.3, -0.25) is 10.1 Å². The first-order valence-electron chi connectivity index (χ1n) is 6.20. The third-order valence-electron chi connectivity index (χ3n) is 2.77. The minimum absolute atomic E-state index is 0.0398. The van der Waals surface area contributed by atoms with E-state index in [-0.39, 0.29) is 11.7 Å². The minimum atomic E-state index is -0.405. The molecule has 0 heterocycles. The Balaban J connectivity index is 2.97. The van der Waals surface area contributed by atoms with E-state index in [0.717, 1.165) is 12.8 Å². The highest BCUT2D eigenvalue weighted by Gasteiger charge is 2.17. The standard InChI is InChI=1S/C13H20N2O4/c1-4-5-10(9-18-2)14-12-8-11(19-3)6-7-13(12)15(16)17/h6-8,10,14H,4-5,9H2,1-3H3. The van der Waals surface area contributed by atoms with Crippen LogP contribution in [0.25, 0.3) is 0 Å². The second-order valence-corrected chi connectivity index (χ2v) is 4.23. The first-order chi connectivity index (χ1) is 9.12. The predicted octanol–water partition coefficient (Wildman–Crippen LogP) is 2.83. The van der Waals surface area contributed by atoms with Gasteiger partial charge in [-0.1, -0.05) is 13.3 Å². The van der Waals surface area contributed by atoms with Crippen LogP contribution in [-0.2, 0) is 4.74 Å². The maximum atomic E-state index is 11.0. The Morgan fingerprint density at radius 2 is 2.16 bits per heavy atom. The highest BCUT2D eigenvalue weighted by atomic mass is 16.6. The van der Waals surface area contributed by atoms with E-state index in [1.54, 1.807) is 19.2 Å². The fraction of sp³-hybridized carbons (Fsp3) is 0.538. The average molecular weight is 268 g/mol. The van der Waals surface area contributed by atoms with Crippen molar-refractivity contribution >= 4 is 11.4 Å². The molecule has 0 aliphatic carbocycles. The van der Waals surface area contributed by atoms with Crippen LogP contribution in [-0.4, -0.2) is 31.8 Å². The molecular formula is C13H20N2O4. The molecule has 1 N–H and O–H groups in total. The number of nitrogens with zero attached hydrogens (tertiary/aromatic N) is 1. The van der Waals surface area contributed by atoms with Crippen LogP contribution in [0, 0.1) is 10.1 Å². The SMILES string of the molecule is CCCC(COC)Nc1cc(OC)ccc1[N+](=O)[O-]. The van der Waals surface area contributed by atoms with Gasteiger partial charge in [0.15, 0.2) is 0 Å². The number of anilines is 1. The Kier molecular flexibility index (Phi) is 6.08. The van der Waals surface area contributed by atoms with Gasteiger partial charge in [-0.05, 0) is 12.5 Å². The number of nitro groups is 1. The number of methoxy groups -OCH3 is 2. The van der Waals surface area contributed by atoms with Crippen molar-refractivity contribution in [2.45, 2.75) is 25.8 Å². The van der Waals surface area contributed by atoms with Crippen molar-refractivity contribution in [2.24, 2.45) is 0 Å². The molecule has 1 rings (SSSR count). The van der Waals surface area contributed by atoms with Gasteiger partial charge in [0.1, 0.15) is 11.4 Å². The molecule has 6 nitrogen and oxygen atoms in total. The van der Waals surface area contributed by atoms with E-state index in [4.69, 9.17) is 9.47 Å². The van der Waals surface area contributed by atoms with Crippen LogP contribution in [0.4, 0.5) is 11.4 Å². The van der Waals surface area contributed by atoms with Crippen molar-refractivity contribution < 1.29 is 14.4 Å². The van der Waals surface area contributed by atoms with Gasteiger partial charge in [0, 0.05) is 25.3 Å². The lowest BCUT2D eigenvalue weighted by Crippen LogP contribution is -2.25. The largest absolute Gasteiger partial charge is 0.497 e. The predicted molar refractivity (Wildman–Crippen MR) is 73.8 cm³/mol. The lowest BCUT2D eigenvalue weighted by molar-refractivity contribution is -0.384. The molecule has 0 aliphatic heterocycles. The van der Waals surface area contributed by atoms with Gasteiger partial charge in [0.2, 0.25) is 0 Å². The van der Waals surface area contributed by atoms with Gasteiger partial charge < -0.3 is 14.8 Å². The van der Waals surface area contributed by atoms with Gasteiger partial charge in [-0.2, -0.15) is 0 Å². The molecule has 0 aliphatic rings. The van der Waals surface area contributed by atoms with Crippen molar-refractivity contribution in [1.82, 2.24) is 0 Å². The molecule has 19 heavy (non-hydrogen) atoms. The van der Waals surface area contributed by atoms with Crippen LogP contribution in [0.5, 0.6) is 5.75 Å². The topological polar surface area (TPSA) is 73.6 Å². The van der Waals surface area contributed by atoms with Crippen molar-refractivity contribution in [1.29, 1.82) is 0 Å². The van der Waals surface area contributed by atoms with E-state index < -0.39 is 4.92 Å². The number of hydrogen-bond donors (Lipinski definition) is 1. The van der Waals surface area contributed by atoms with Crippen LogP contribution < -0.4 is 10.1 Å². The zero-order chi connectivity index (χ0) is 14.3. The van der Waals surface area contributed by atoms with E-state index in [2.05, 4.69) is 12.2 Å². The van der Waals surface area contributed by atoms with Crippen molar-refractivity contribution in [3.8, 4) is 5.75 Å². The summed E-state index contributed by atoms with van der Waals surface area (Å²) < 4.78 is 10.2. The highest BCUT2D eigenvalue weighted by Crippen LogP contribution is 2.29. The fourth-order valence-corrected chi connectivity index (χ4v) is 1.88. The summed E-state index contributed by atoms with van der Waals surface area (Å²) in [6.45, 7) is 2.56. The molecule has 0 saturated carbocycles. The van der Waals surface area contributed by atoms with Crippen molar-refractivity contribution in [2.75, 3.05) is 26.1 Å². The molecule has 1 aromatic carbocycles. The first-order valence-corrected chi connectivity index (χ1v) is 6.20. The van der Waals surface area contributed by atoms with Crippen molar-refractivity contribution in [3.63, 3.8) is 0 Å². The van der Waals surface area contributed by atoms with Gasteiger partial charge in [-0.15, -0.1) is 0 Å². The molecular weight excluding hydrogens is 248 g/mol. The number of nitrogens with one attached hydrogen (secondary N) is 1. The van der Waals surface area contributed by atoms with E-state index >= 15 is 0 Å². The van der Waals surface area contributed by atoms with Gasteiger partial charge in [0.25, 0.3) is 5.69 Å². The lowest BCUT2D eigenvalue weighted by atomic mass is 10.1. The number of benzene rings is 1. The molecule has 0 amide bonds. The summed E-state index contributed by atoms with van der Waals surface area (Å²) >= 11 is 0. The average Bonchev–Trinajstić information content (AvgIpc) is 2.38. The summed E-state index contributed by atoms with van der Waals surface area (Å²) in [7, 11) is 3.15. The summed E-state index contributed by atoms with van der Waals surface area (Å²) in [6.07, 6.45) is 1.85. The zero-order valence-electron chi connectivity index (χ0n) is 11.5. The third-order valence-corrected chi connectivity index (χ3v) is 2.77. The second kappa shape index (κ2) is 7.58. The molecule has 0 radical (unpaired) electrons. The quantitative estimate of drug-likeness (QED) is 0.579. The molecule has 0 spiro atoms. The Morgan fingerprint density at radius 3 is 2.68 bits per heavy atom. The molecule has 106 valence electrons. The number of rotatable bonds is 8. The molecule has 1 unspecified atom stereocenters. The third kappa shape index (κ3) is 4.40. The molecule has 0 fully saturated rings. The summed E-state index contributed by atoms with van der Waals surface area (Å²) in [4.78, 5) is 10.6. The summed E-state index contributed by atoms with van der Waals surface area (Å²) in [5.41, 5.74) is 0.498. The number of hydrogen-bond acceptors (Lipinski definition) is 5. The van der Waals surface area contributed by atoms with Crippen LogP contribution in [0.2, 0.25) is 0 Å². The fourth-order valence-electron chi connectivity index (χ4n) is 1.88. The van der Waals surface area contributed by atoms with Crippen LogP contribution in [0.3, 0.4) is 0 Å².